The zero-order chi connectivity index (χ0) is 15.9. The van der Waals surface area contributed by atoms with E-state index in [0.29, 0.717) is 31.5 Å². The number of carbonyl (C=O) groups excluding carboxylic acids is 2. The minimum absolute atomic E-state index is 0.0108. The third-order valence-electron chi connectivity index (χ3n) is 4.40. The van der Waals surface area contributed by atoms with Crippen molar-refractivity contribution in [2.45, 2.75) is 32.2 Å². The Kier molecular flexibility index (Phi) is 3.60. The molecule has 0 unspecified atom stereocenters. The van der Waals surface area contributed by atoms with Gasteiger partial charge in [-0.1, -0.05) is 0 Å². The largest absolute Gasteiger partial charge is 0.480 e. The average Bonchev–Trinajstić information content (AvgIpc) is 3.12. The predicted octanol–water partition coefficient (Wildman–Crippen LogP) is 1.28. The Labute approximate surface area is 128 Å². The van der Waals surface area contributed by atoms with Crippen LogP contribution < -0.4 is 4.90 Å². The molecule has 1 saturated heterocycles. The molecule has 0 aliphatic carbocycles. The zero-order valence-electron chi connectivity index (χ0n) is 12.4. The number of rotatable bonds is 2. The van der Waals surface area contributed by atoms with Gasteiger partial charge in [0, 0.05) is 31.3 Å². The van der Waals surface area contributed by atoms with E-state index in [2.05, 4.69) is 0 Å². The topological polar surface area (TPSA) is 77.9 Å². The van der Waals surface area contributed by atoms with Crippen LogP contribution in [-0.4, -0.2) is 46.9 Å². The number of nitrogens with zero attached hydrogens (tertiary/aromatic N) is 2. The average molecular weight is 302 g/mol. The molecule has 6 nitrogen and oxygen atoms in total. The lowest BCUT2D eigenvalue weighted by atomic mass is 10.1. The maximum absolute atomic E-state index is 12.6. The molecule has 2 aliphatic rings. The van der Waals surface area contributed by atoms with Crippen molar-refractivity contribution in [1.82, 2.24) is 4.90 Å². The van der Waals surface area contributed by atoms with Crippen molar-refractivity contribution in [3.8, 4) is 0 Å². The third-order valence-corrected chi connectivity index (χ3v) is 4.40. The molecule has 1 atom stereocenters. The summed E-state index contributed by atoms with van der Waals surface area (Å²) in [5, 5.41) is 9.19. The monoisotopic (exact) mass is 302 g/mol. The van der Waals surface area contributed by atoms with Gasteiger partial charge in [-0.2, -0.15) is 0 Å². The van der Waals surface area contributed by atoms with Gasteiger partial charge in [-0.05, 0) is 43.0 Å². The van der Waals surface area contributed by atoms with Gasteiger partial charge in [0.25, 0.3) is 5.91 Å². The maximum Gasteiger partial charge on any atom is 0.326 e. The second-order valence-corrected chi connectivity index (χ2v) is 5.76. The van der Waals surface area contributed by atoms with E-state index in [1.54, 1.807) is 23.1 Å². The fraction of sp³-hybridized carbons (Fsp3) is 0.438. The highest BCUT2D eigenvalue weighted by atomic mass is 16.4. The Morgan fingerprint density at radius 3 is 2.68 bits per heavy atom. The molecule has 2 heterocycles. The van der Waals surface area contributed by atoms with Gasteiger partial charge < -0.3 is 14.9 Å². The molecule has 2 aliphatic heterocycles. The number of hydrogen-bond donors (Lipinski definition) is 1. The van der Waals surface area contributed by atoms with Gasteiger partial charge in [0.1, 0.15) is 6.04 Å². The molecular formula is C16H18N2O4. The fourth-order valence-corrected chi connectivity index (χ4v) is 3.29. The molecule has 1 fully saturated rings. The minimum atomic E-state index is -0.949. The van der Waals surface area contributed by atoms with Crippen LogP contribution in [0.4, 0.5) is 5.69 Å². The Morgan fingerprint density at radius 2 is 2.00 bits per heavy atom. The molecule has 0 bridgehead atoms. The first kappa shape index (κ1) is 14.6. The van der Waals surface area contributed by atoms with Gasteiger partial charge in [-0.3, -0.25) is 9.59 Å². The van der Waals surface area contributed by atoms with Crippen molar-refractivity contribution in [2.24, 2.45) is 0 Å². The predicted molar refractivity (Wildman–Crippen MR) is 79.9 cm³/mol. The quantitative estimate of drug-likeness (QED) is 0.893. The van der Waals surface area contributed by atoms with Gasteiger partial charge in [-0.25, -0.2) is 4.79 Å². The number of hydrogen-bond acceptors (Lipinski definition) is 3. The number of amides is 2. The smallest absolute Gasteiger partial charge is 0.326 e. The molecule has 0 radical (unpaired) electrons. The normalized spacial score (nSPS) is 20.1. The van der Waals surface area contributed by atoms with E-state index in [1.807, 2.05) is 0 Å². The maximum atomic E-state index is 12.6. The highest BCUT2D eigenvalue weighted by Crippen LogP contribution is 2.30. The molecule has 2 amide bonds. The Morgan fingerprint density at radius 1 is 1.23 bits per heavy atom. The molecule has 0 saturated carbocycles. The Balaban J connectivity index is 1.86. The SMILES string of the molecule is CC(=O)N1CCc2cc(C(=O)N3CCC[C@@H]3C(=O)O)ccc21. The Hall–Kier alpha value is -2.37. The molecule has 116 valence electrons. The van der Waals surface area contributed by atoms with Crippen LogP contribution in [0.5, 0.6) is 0 Å². The Bertz CT molecular complexity index is 656. The first-order valence-corrected chi connectivity index (χ1v) is 7.44. The summed E-state index contributed by atoms with van der Waals surface area (Å²) in [5.41, 5.74) is 2.31. The van der Waals surface area contributed by atoms with E-state index < -0.39 is 12.0 Å². The molecule has 3 rings (SSSR count). The second-order valence-electron chi connectivity index (χ2n) is 5.76. The summed E-state index contributed by atoms with van der Waals surface area (Å²) in [6.45, 7) is 2.63. The van der Waals surface area contributed by atoms with E-state index in [9.17, 15) is 19.5 Å². The molecule has 1 aromatic carbocycles. The number of carboxylic acid groups (broad SMARTS) is 1. The standard InChI is InChI=1S/C16H18N2O4/c1-10(19)17-8-6-11-9-12(4-5-13(11)17)15(20)18-7-2-3-14(18)16(21)22/h4-5,9,14H,2-3,6-8H2,1H3,(H,21,22)/t14-/m1/s1. The van der Waals surface area contributed by atoms with Crippen molar-refractivity contribution in [2.75, 3.05) is 18.0 Å². The van der Waals surface area contributed by atoms with Crippen molar-refractivity contribution < 1.29 is 19.5 Å². The summed E-state index contributed by atoms with van der Waals surface area (Å²) in [6, 6.07) is 4.52. The molecule has 1 N–H and O–H groups in total. The lowest BCUT2D eigenvalue weighted by molar-refractivity contribution is -0.141. The number of carbonyl (C=O) groups is 3. The van der Waals surface area contributed by atoms with E-state index in [4.69, 9.17) is 0 Å². The van der Waals surface area contributed by atoms with Crippen LogP contribution >= 0.6 is 0 Å². The summed E-state index contributed by atoms with van der Waals surface area (Å²) < 4.78 is 0. The first-order chi connectivity index (χ1) is 10.5. The summed E-state index contributed by atoms with van der Waals surface area (Å²) in [6.07, 6.45) is 1.94. The summed E-state index contributed by atoms with van der Waals surface area (Å²) in [4.78, 5) is 38.4. The van der Waals surface area contributed by atoms with Gasteiger partial charge in [0.05, 0.1) is 0 Å². The number of aliphatic carboxylic acids is 1. The van der Waals surface area contributed by atoms with Gasteiger partial charge in [-0.15, -0.1) is 0 Å². The van der Waals surface area contributed by atoms with Crippen LogP contribution in [0.2, 0.25) is 0 Å². The molecule has 0 spiro atoms. The molecule has 0 aromatic heterocycles. The lowest BCUT2D eigenvalue weighted by Gasteiger charge is -2.22. The number of benzene rings is 1. The van der Waals surface area contributed by atoms with Crippen molar-refractivity contribution >= 4 is 23.5 Å². The first-order valence-electron chi connectivity index (χ1n) is 7.44. The van der Waals surface area contributed by atoms with Gasteiger partial charge in [0.15, 0.2) is 0 Å². The van der Waals surface area contributed by atoms with Crippen LogP contribution in [0.1, 0.15) is 35.7 Å². The van der Waals surface area contributed by atoms with Gasteiger partial charge in [0.2, 0.25) is 5.91 Å². The van der Waals surface area contributed by atoms with E-state index in [0.717, 1.165) is 17.7 Å². The summed E-state index contributed by atoms with van der Waals surface area (Å²) in [7, 11) is 0. The summed E-state index contributed by atoms with van der Waals surface area (Å²) >= 11 is 0. The fourth-order valence-electron chi connectivity index (χ4n) is 3.29. The van der Waals surface area contributed by atoms with Crippen molar-refractivity contribution in [1.29, 1.82) is 0 Å². The van der Waals surface area contributed by atoms with Gasteiger partial charge >= 0.3 is 5.97 Å². The highest BCUT2D eigenvalue weighted by Gasteiger charge is 2.35. The highest BCUT2D eigenvalue weighted by molar-refractivity contribution is 5.99. The van der Waals surface area contributed by atoms with E-state index in [-0.39, 0.29) is 11.8 Å². The molecule has 1 aromatic rings. The summed E-state index contributed by atoms with van der Waals surface area (Å²) in [5.74, 6) is -1.20. The second kappa shape index (κ2) is 5.44. The van der Waals surface area contributed by atoms with Crippen LogP contribution in [-0.2, 0) is 16.0 Å². The number of likely N-dealkylation sites (tertiary alicyclic amines) is 1. The van der Waals surface area contributed by atoms with Crippen LogP contribution in [0.25, 0.3) is 0 Å². The van der Waals surface area contributed by atoms with Crippen LogP contribution in [0.3, 0.4) is 0 Å². The van der Waals surface area contributed by atoms with Crippen LogP contribution in [0, 0.1) is 0 Å². The van der Waals surface area contributed by atoms with E-state index in [1.165, 1.54) is 11.8 Å². The van der Waals surface area contributed by atoms with Crippen LogP contribution in [0.15, 0.2) is 18.2 Å². The van der Waals surface area contributed by atoms with E-state index >= 15 is 0 Å². The molecule has 6 heteroatoms. The molecular weight excluding hydrogens is 284 g/mol. The van der Waals surface area contributed by atoms with Crippen molar-refractivity contribution in [3.63, 3.8) is 0 Å². The number of carboxylic acids is 1. The van der Waals surface area contributed by atoms with Crippen molar-refractivity contribution in [3.05, 3.63) is 29.3 Å². The number of anilines is 1. The molecule has 22 heavy (non-hydrogen) atoms. The lowest BCUT2D eigenvalue weighted by Crippen LogP contribution is -2.40. The minimum Gasteiger partial charge on any atom is -0.480 e. The number of fused-ring (bicyclic) bond motifs is 1. The zero-order valence-corrected chi connectivity index (χ0v) is 12.4. The third kappa shape index (κ3) is 2.34.